The molecule has 0 aromatic heterocycles. The number of rotatable bonds is 6. The predicted octanol–water partition coefficient (Wildman–Crippen LogP) is 0.610. The first-order chi connectivity index (χ1) is 5.31. The maximum Gasteiger partial charge on any atom is 0.334 e. The molecule has 0 saturated carbocycles. The SMILES string of the molecule is CCCCCOC(=O)CON. The molecule has 0 rings (SSSR count). The lowest BCUT2D eigenvalue weighted by atomic mass is 10.3. The molecular formula is C7H15NO3. The van der Waals surface area contributed by atoms with Gasteiger partial charge in [0, 0.05) is 0 Å². The fraction of sp³-hybridized carbons (Fsp3) is 0.857. The van der Waals surface area contributed by atoms with Crippen molar-refractivity contribution in [2.24, 2.45) is 5.90 Å². The smallest absolute Gasteiger partial charge is 0.334 e. The Morgan fingerprint density at radius 1 is 1.45 bits per heavy atom. The molecule has 0 aromatic rings. The summed E-state index contributed by atoms with van der Waals surface area (Å²) in [5.74, 6) is 4.26. The van der Waals surface area contributed by atoms with E-state index in [1.807, 2.05) is 0 Å². The van der Waals surface area contributed by atoms with Crippen LogP contribution in [0.25, 0.3) is 0 Å². The van der Waals surface area contributed by atoms with Gasteiger partial charge >= 0.3 is 5.97 Å². The van der Waals surface area contributed by atoms with Crippen molar-refractivity contribution in [3.05, 3.63) is 0 Å². The van der Waals surface area contributed by atoms with Gasteiger partial charge in [-0.2, -0.15) is 0 Å². The van der Waals surface area contributed by atoms with Gasteiger partial charge in [-0.3, -0.25) is 4.84 Å². The Labute approximate surface area is 66.6 Å². The normalized spacial score (nSPS) is 9.64. The Hall–Kier alpha value is -0.610. The molecule has 0 saturated heterocycles. The van der Waals surface area contributed by atoms with E-state index in [1.54, 1.807) is 0 Å². The summed E-state index contributed by atoms with van der Waals surface area (Å²) in [6.07, 6.45) is 3.11. The average Bonchev–Trinajstić information content (AvgIpc) is 1.99. The second-order valence-electron chi connectivity index (χ2n) is 2.24. The van der Waals surface area contributed by atoms with Crippen LogP contribution in [0.5, 0.6) is 0 Å². The molecule has 0 aliphatic carbocycles. The number of hydrogen-bond donors (Lipinski definition) is 1. The van der Waals surface area contributed by atoms with Crippen LogP contribution in [0.1, 0.15) is 26.2 Å². The number of nitrogens with two attached hydrogens (primary N) is 1. The summed E-state index contributed by atoms with van der Waals surface area (Å²) in [5, 5.41) is 0. The van der Waals surface area contributed by atoms with Crippen molar-refractivity contribution in [1.29, 1.82) is 0 Å². The van der Waals surface area contributed by atoms with Gasteiger partial charge in [0.15, 0.2) is 6.61 Å². The van der Waals surface area contributed by atoms with Crippen LogP contribution in [-0.2, 0) is 14.4 Å². The van der Waals surface area contributed by atoms with E-state index in [0.717, 1.165) is 19.3 Å². The molecule has 0 spiro atoms. The van der Waals surface area contributed by atoms with Gasteiger partial charge in [-0.15, -0.1) is 0 Å². The van der Waals surface area contributed by atoms with Gasteiger partial charge in [-0.25, -0.2) is 10.7 Å². The maximum atomic E-state index is 10.6. The maximum absolute atomic E-state index is 10.6. The molecule has 2 N–H and O–H groups in total. The van der Waals surface area contributed by atoms with Crippen LogP contribution < -0.4 is 5.90 Å². The molecule has 11 heavy (non-hydrogen) atoms. The lowest BCUT2D eigenvalue weighted by Gasteiger charge is -2.01. The second-order valence-corrected chi connectivity index (χ2v) is 2.24. The third-order valence-electron chi connectivity index (χ3n) is 1.21. The Bertz CT molecular complexity index is 106. The third-order valence-corrected chi connectivity index (χ3v) is 1.21. The Kier molecular flexibility index (Phi) is 7.08. The summed E-state index contributed by atoms with van der Waals surface area (Å²) in [4.78, 5) is 14.7. The number of carbonyl (C=O) groups excluding carboxylic acids is 1. The van der Waals surface area contributed by atoms with Crippen molar-refractivity contribution in [2.75, 3.05) is 13.2 Å². The van der Waals surface area contributed by atoms with Crippen molar-refractivity contribution >= 4 is 5.97 Å². The van der Waals surface area contributed by atoms with E-state index in [-0.39, 0.29) is 6.61 Å². The standard InChI is InChI=1S/C7H15NO3/c1-2-3-4-5-10-7(9)6-11-8/h2-6,8H2,1H3. The van der Waals surface area contributed by atoms with E-state index >= 15 is 0 Å². The minimum absolute atomic E-state index is 0.161. The highest BCUT2D eigenvalue weighted by Crippen LogP contribution is 1.93. The van der Waals surface area contributed by atoms with Crippen molar-refractivity contribution in [3.63, 3.8) is 0 Å². The highest BCUT2D eigenvalue weighted by Gasteiger charge is 1.99. The van der Waals surface area contributed by atoms with E-state index in [4.69, 9.17) is 4.74 Å². The molecule has 0 aromatic carbocycles. The molecule has 4 heteroatoms. The van der Waals surface area contributed by atoms with Crippen LogP contribution in [0.15, 0.2) is 0 Å². The van der Waals surface area contributed by atoms with Gasteiger partial charge < -0.3 is 4.74 Å². The van der Waals surface area contributed by atoms with Crippen LogP contribution in [-0.4, -0.2) is 19.2 Å². The fourth-order valence-corrected chi connectivity index (χ4v) is 0.648. The first kappa shape index (κ1) is 10.4. The Balaban J connectivity index is 3.04. The molecule has 0 aliphatic heterocycles. The fourth-order valence-electron chi connectivity index (χ4n) is 0.648. The van der Waals surface area contributed by atoms with Gasteiger partial charge in [0.25, 0.3) is 0 Å². The zero-order chi connectivity index (χ0) is 8.53. The molecule has 0 unspecified atom stereocenters. The quantitative estimate of drug-likeness (QED) is 0.352. The van der Waals surface area contributed by atoms with E-state index in [0.29, 0.717) is 6.61 Å². The molecule has 0 fully saturated rings. The summed E-state index contributed by atoms with van der Waals surface area (Å²) in [6, 6.07) is 0. The Morgan fingerprint density at radius 3 is 2.73 bits per heavy atom. The largest absolute Gasteiger partial charge is 0.464 e. The van der Waals surface area contributed by atoms with Gasteiger partial charge in [-0.1, -0.05) is 19.8 Å². The number of esters is 1. The van der Waals surface area contributed by atoms with Crippen LogP contribution >= 0.6 is 0 Å². The summed E-state index contributed by atoms with van der Waals surface area (Å²) >= 11 is 0. The molecule has 66 valence electrons. The van der Waals surface area contributed by atoms with Gasteiger partial charge in [0.2, 0.25) is 0 Å². The number of hydrogen-bond acceptors (Lipinski definition) is 4. The number of carbonyl (C=O) groups is 1. The zero-order valence-electron chi connectivity index (χ0n) is 6.84. The van der Waals surface area contributed by atoms with Crippen molar-refractivity contribution < 1.29 is 14.4 Å². The van der Waals surface area contributed by atoms with Crippen molar-refractivity contribution in [2.45, 2.75) is 26.2 Å². The average molecular weight is 161 g/mol. The van der Waals surface area contributed by atoms with Gasteiger partial charge in [-0.05, 0) is 6.42 Å². The van der Waals surface area contributed by atoms with E-state index in [1.165, 1.54) is 0 Å². The lowest BCUT2D eigenvalue weighted by molar-refractivity contribution is -0.149. The van der Waals surface area contributed by atoms with Crippen LogP contribution in [0, 0.1) is 0 Å². The molecule has 4 nitrogen and oxygen atoms in total. The molecule has 0 heterocycles. The minimum atomic E-state index is -0.399. The summed E-state index contributed by atoms with van der Waals surface area (Å²) in [7, 11) is 0. The number of unbranched alkanes of at least 4 members (excludes halogenated alkanes) is 2. The lowest BCUT2D eigenvalue weighted by Crippen LogP contribution is -2.15. The monoisotopic (exact) mass is 161 g/mol. The van der Waals surface area contributed by atoms with E-state index in [2.05, 4.69) is 17.7 Å². The van der Waals surface area contributed by atoms with Crippen LogP contribution in [0.4, 0.5) is 0 Å². The first-order valence-corrected chi connectivity index (χ1v) is 3.78. The zero-order valence-corrected chi connectivity index (χ0v) is 6.84. The molecule has 0 radical (unpaired) electrons. The summed E-state index contributed by atoms with van der Waals surface area (Å²) < 4.78 is 4.74. The van der Waals surface area contributed by atoms with E-state index in [9.17, 15) is 4.79 Å². The minimum Gasteiger partial charge on any atom is -0.464 e. The Morgan fingerprint density at radius 2 is 2.18 bits per heavy atom. The molecule has 0 amide bonds. The van der Waals surface area contributed by atoms with Crippen molar-refractivity contribution in [3.8, 4) is 0 Å². The topological polar surface area (TPSA) is 61.5 Å². The number of ether oxygens (including phenoxy) is 1. The summed E-state index contributed by atoms with van der Waals surface area (Å²) in [5.41, 5.74) is 0. The predicted molar refractivity (Wildman–Crippen MR) is 40.6 cm³/mol. The molecule has 0 aliphatic rings. The van der Waals surface area contributed by atoms with E-state index < -0.39 is 5.97 Å². The first-order valence-electron chi connectivity index (χ1n) is 3.78. The summed E-state index contributed by atoms with van der Waals surface area (Å²) in [6.45, 7) is 2.40. The molecule has 0 bridgehead atoms. The van der Waals surface area contributed by atoms with Crippen molar-refractivity contribution in [1.82, 2.24) is 0 Å². The van der Waals surface area contributed by atoms with Crippen LogP contribution in [0.3, 0.4) is 0 Å². The highest BCUT2D eigenvalue weighted by atomic mass is 16.6. The third kappa shape index (κ3) is 7.29. The molecule has 0 atom stereocenters. The van der Waals surface area contributed by atoms with Crippen LogP contribution in [0.2, 0.25) is 0 Å². The highest BCUT2D eigenvalue weighted by molar-refractivity contribution is 5.70. The molecular weight excluding hydrogens is 146 g/mol. The van der Waals surface area contributed by atoms with Gasteiger partial charge in [0.05, 0.1) is 6.61 Å². The van der Waals surface area contributed by atoms with Gasteiger partial charge in [0.1, 0.15) is 0 Å². The second kappa shape index (κ2) is 7.50.